The second-order valence-corrected chi connectivity index (χ2v) is 5.73. The van der Waals surface area contributed by atoms with Gasteiger partial charge in [-0.05, 0) is 35.4 Å². The summed E-state index contributed by atoms with van der Waals surface area (Å²) in [6, 6.07) is 5.57. The smallest absolute Gasteiger partial charge is 0.200 e. The Balaban J connectivity index is 1.92. The zero-order valence-corrected chi connectivity index (χ0v) is 13.6. The fourth-order valence-corrected chi connectivity index (χ4v) is 2.41. The van der Waals surface area contributed by atoms with Gasteiger partial charge in [0.05, 0.1) is 0 Å². The zero-order valence-electron chi connectivity index (χ0n) is 12.0. The van der Waals surface area contributed by atoms with E-state index in [9.17, 15) is 25.5 Å². The Morgan fingerprint density at radius 1 is 0.870 bits per heavy atom. The average molecular weight is 382 g/mol. The second kappa shape index (κ2) is 7.26. The molecule has 122 valence electrons. The van der Waals surface area contributed by atoms with E-state index in [1.54, 1.807) is 6.08 Å². The van der Waals surface area contributed by atoms with Gasteiger partial charge in [-0.25, -0.2) is 0 Å². The summed E-state index contributed by atoms with van der Waals surface area (Å²) in [5.74, 6) is -1.68. The van der Waals surface area contributed by atoms with Crippen molar-refractivity contribution in [3.63, 3.8) is 0 Å². The third kappa shape index (κ3) is 4.30. The van der Waals surface area contributed by atoms with E-state index in [0.29, 0.717) is 28.7 Å². The highest BCUT2D eigenvalue weighted by Gasteiger charge is 2.07. The molecule has 0 fully saturated rings. The lowest BCUT2D eigenvalue weighted by Gasteiger charge is -2.06. The lowest BCUT2D eigenvalue weighted by molar-refractivity contribution is 0.367. The Kier molecular flexibility index (Phi) is 5.36. The van der Waals surface area contributed by atoms with Crippen molar-refractivity contribution in [1.29, 1.82) is 0 Å². The van der Waals surface area contributed by atoms with Crippen LogP contribution >= 0.6 is 15.9 Å². The van der Waals surface area contributed by atoms with Gasteiger partial charge in [0.15, 0.2) is 28.7 Å². The summed E-state index contributed by atoms with van der Waals surface area (Å²) in [5, 5.41) is 50.0. The predicted octanol–water partition coefficient (Wildman–Crippen LogP) is 2.78. The molecule has 0 heterocycles. The summed E-state index contributed by atoms with van der Waals surface area (Å²) in [6.45, 7) is 0.879. The van der Waals surface area contributed by atoms with Crippen molar-refractivity contribution in [2.75, 3.05) is 6.54 Å². The SMILES string of the molecule is Oc1cc(Br)c(/C=C/CNCc2cc(O)c(O)c(O)c2)cc1O. The molecule has 2 aromatic carbocycles. The van der Waals surface area contributed by atoms with E-state index in [1.165, 1.54) is 24.3 Å². The van der Waals surface area contributed by atoms with Crippen molar-refractivity contribution in [3.05, 3.63) is 45.9 Å². The number of benzene rings is 2. The first-order valence-corrected chi connectivity index (χ1v) is 7.50. The lowest BCUT2D eigenvalue weighted by atomic mass is 10.1. The molecule has 0 amide bonds. The van der Waals surface area contributed by atoms with E-state index >= 15 is 0 Å². The van der Waals surface area contributed by atoms with Gasteiger partial charge in [0.25, 0.3) is 0 Å². The van der Waals surface area contributed by atoms with Crippen LogP contribution in [0.2, 0.25) is 0 Å². The maximum atomic E-state index is 9.46. The zero-order chi connectivity index (χ0) is 17.0. The van der Waals surface area contributed by atoms with Crippen molar-refractivity contribution < 1.29 is 25.5 Å². The molecule has 0 bridgehead atoms. The number of phenols is 5. The Labute approximate surface area is 141 Å². The van der Waals surface area contributed by atoms with E-state index in [-0.39, 0.29) is 23.0 Å². The Morgan fingerprint density at radius 3 is 2.13 bits per heavy atom. The minimum atomic E-state index is -0.536. The van der Waals surface area contributed by atoms with Crippen LogP contribution in [0.1, 0.15) is 11.1 Å². The lowest BCUT2D eigenvalue weighted by Crippen LogP contribution is -2.12. The van der Waals surface area contributed by atoms with Crippen LogP contribution in [0.25, 0.3) is 6.08 Å². The van der Waals surface area contributed by atoms with E-state index in [4.69, 9.17) is 0 Å². The van der Waals surface area contributed by atoms with E-state index in [1.807, 2.05) is 6.08 Å². The fourth-order valence-electron chi connectivity index (χ4n) is 1.94. The molecule has 0 radical (unpaired) electrons. The summed E-state index contributed by atoms with van der Waals surface area (Å²) in [7, 11) is 0. The molecule has 0 unspecified atom stereocenters. The first kappa shape index (κ1) is 17.0. The van der Waals surface area contributed by atoms with Crippen LogP contribution in [0.5, 0.6) is 28.7 Å². The molecule has 6 N–H and O–H groups in total. The van der Waals surface area contributed by atoms with Gasteiger partial charge in [-0.1, -0.05) is 28.1 Å². The fraction of sp³-hybridized carbons (Fsp3) is 0.125. The van der Waals surface area contributed by atoms with Crippen LogP contribution in [0.15, 0.2) is 34.8 Å². The maximum Gasteiger partial charge on any atom is 0.200 e. The van der Waals surface area contributed by atoms with E-state index in [0.717, 1.165) is 0 Å². The van der Waals surface area contributed by atoms with Gasteiger partial charge >= 0.3 is 0 Å². The second-order valence-electron chi connectivity index (χ2n) is 4.88. The number of hydrogen-bond acceptors (Lipinski definition) is 6. The summed E-state index contributed by atoms with van der Waals surface area (Å²) < 4.78 is 0.650. The van der Waals surface area contributed by atoms with Crippen molar-refractivity contribution in [1.82, 2.24) is 5.32 Å². The molecular weight excluding hydrogens is 366 g/mol. The van der Waals surface area contributed by atoms with Crippen molar-refractivity contribution >= 4 is 22.0 Å². The normalized spacial score (nSPS) is 11.2. The van der Waals surface area contributed by atoms with Crippen LogP contribution in [0, 0.1) is 0 Å². The van der Waals surface area contributed by atoms with Crippen LogP contribution < -0.4 is 5.32 Å². The first-order valence-electron chi connectivity index (χ1n) is 6.71. The van der Waals surface area contributed by atoms with Crippen molar-refractivity contribution in [2.45, 2.75) is 6.54 Å². The van der Waals surface area contributed by atoms with Gasteiger partial charge in [0.1, 0.15) is 0 Å². The summed E-state index contributed by atoms with van der Waals surface area (Å²) in [6.07, 6.45) is 3.58. The molecule has 0 atom stereocenters. The highest BCUT2D eigenvalue weighted by atomic mass is 79.9. The quantitative estimate of drug-likeness (QED) is 0.350. The third-order valence-corrected chi connectivity index (χ3v) is 3.80. The van der Waals surface area contributed by atoms with Crippen LogP contribution in [-0.4, -0.2) is 32.1 Å². The minimum Gasteiger partial charge on any atom is -0.504 e. The number of phenolic OH excluding ortho intramolecular Hbond substituents is 5. The van der Waals surface area contributed by atoms with Gasteiger partial charge in [0, 0.05) is 17.6 Å². The third-order valence-electron chi connectivity index (χ3n) is 3.11. The molecule has 0 aromatic heterocycles. The monoisotopic (exact) mass is 381 g/mol. The predicted molar refractivity (Wildman–Crippen MR) is 89.6 cm³/mol. The Morgan fingerprint density at radius 2 is 1.48 bits per heavy atom. The standard InChI is InChI=1S/C16H16BrNO5/c17-11-7-13(20)12(19)6-10(11)2-1-3-18-8-9-4-14(21)16(23)15(22)5-9/h1-2,4-7,18-23H,3,8H2/b2-1+. The highest BCUT2D eigenvalue weighted by Crippen LogP contribution is 2.35. The largest absolute Gasteiger partial charge is 0.504 e. The van der Waals surface area contributed by atoms with Gasteiger partial charge in [-0.3, -0.25) is 0 Å². The average Bonchev–Trinajstić information content (AvgIpc) is 2.49. The number of hydrogen-bond donors (Lipinski definition) is 6. The molecule has 7 heteroatoms. The molecule has 0 saturated carbocycles. The van der Waals surface area contributed by atoms with E-state index in [2.05, 4.69) is 21.2 Å². The van der Waals surface area contributed by atoms with Gasteiger partial charge in [-0.15, -0.1) is 0 Å². The van der Waals surface area contributed by atoms with E-state index < -0.39 is 5.75 Å². The molecule has 0 saturated heterocycles. The van der Waals surface area contributed by atoms with Gasteiger partial charge < -0.3 is 30.8 Å². The number of halogens is 1. The maximum absolute atomic E-state index is 9.46. The summed E-state index contributed by atoms with van der Waals surface area (Å²) >= 11 is 3.29. The molecule has 0 aliphatic carbocycles. The van der Waals surface area contributed by atoms with Crippen LogP contribution in [0.3, 0.4) is 0 Å². The molecule has 0 aliphatic rings. The number of aromatic hydroxyl groups is 5. The first-order chi connectivity index (χ1) is 10.9. The topological polar surface area (TPSA) is 113 Å². The summed E-state index contributed by atoms with van der Waals surface area (Å²) in [4.78, 5) is 0. The Bertz CT molecular complexity index is 722. The molecule has 6 nitrogen and oxygen atoms in total. The van der Waals surface area contributed by atoms with Crippen LogP contribution in [0.4, 0.5) is 0 Å². The van der Waals surface area contributed by atoms with Gasteiger partial charge in [-0.2, -0.15) is 0 Å². The van der Waals surface area contributed by atoms with Crippen molar-refractivity contribution in [3.8, 4) is 28.7 Å². The van der Waals surface area contributed by atoms with Gasteiger partial charge in [0.2, 0.25) is 0 Å². The molecule has 0 aliphatic heterocycles. The summed E-state index contributed by atoms with van der Waals surface area (Å²) in [5.41, 5.74) is 1.33. The number of rotatable bonds is 5. The molecule has 0 spiro atoms. The van der Waals surface area contributed by atoms with Crippen LogP contribution in [-0.2, 0) is 6.54 Å². The molecular formula is C16H16BrNO5. The molecule has 2 aromatic rings. The molecule has 23 heavy (non-hydrogen) atoms. The highest BCUT2D eigenvalue weighted by molar-refractivity contribution is 9.10. The number of nitrogens with one attached hydrogen (secondary N) is 1. The van der Waals surface area contributed by atoms with Crippen molar-refractivity contribution in [2.24, 2.45) is 0 Å². The molecule has 2 rings (SSSR count). The Hall–Kier alpha value is -2.38. The minimum absolute atomic E-state index is 0.195.